The molecule has 0 N–H and O–H groups in total. The summed E-state index contributed by atoms with van der Waals surface area (Å²) in [4.78, 5) is 26.8. The summed E-state index contributed by atoms with van der Waals surface area (Å²) >= 11 is 0. The van der Waals surface area contributed by atoms with Crippen molar-refractivity contribution in [3.63, 3.8) is 0 Å². The largest absolute Gasteiger partial charge is 0.462 e. The summed E-state index contributed by atoms with van der Waals surface area (Å²) in [5.41, 5.74) is -6.23. The van der Waals surface area contributed by atoms with E-state index in [4.69, 9.17) is 0 Å². The Balaban J connectivity index is 3.95. The number of pyridine rings is 1. The van der Waals surface area contributed by atoms with E-state index in [1.54, 1.807) is 0 Å². The topological polar surface area (TPSA) is 65.5 Å². The molecular weight excluding hydrogens is 353 g/mol. The Bertz CT molecular complexity index is 685. The highest BCUT2D eigenvalue weighted by molar-refractivity contribution is 6.02. The predicted octanol–water partition coefficient (Wildman–Crippen LogP) is 4.03. The van der Waals surface area contributed by atoms with Crippen molar-refractivity contribution in [2.45, 2.75) is 26.4 Å². The van der Waals surface area contributed by atoms with E-state index in [0.29, 0.717) is 6.08 Å². The van der Waals surface area contributed by atoms with Crippen molar-refractivity contribution < 1.29 is 41.0 Å². The van der Waals surface area contributed by atoms with E-state index in [1.165, 1.54) is 13.8 Å². The molecule has 0 aliphatic rings. The second-order valence-electron chi connectivity index (χ2n) is 4.45. The number of nitrogens with zero attached hydrogens (tertiary/aromatic N) is 1. The molecule has 0 saturated heterocycles. The first-order chi connectivity index (χ1) is 11.6. The van der Waals surface area contributed by atoms with Crippen LogP contribution in [0.3, 0.4) is 0 Å². The normalized spacial score (nSPS) is 11.4. The first-order valence-electron chi connectivity index (χ1n) is 6.99. The second kappa shape index (κ2) is 8.04. The zero-order valence-corrected chi connectivity index (χ0v) is 13.2. The van der Waals surface area contributed by atoms with Gasteiger partial charge < -0.3 is 9.47 Å². The Morgan fingerprint density at radius 1 is 1.12 bits per heavy atom. The van der Waals surface area contributed by atoms with Crippen LogP contribution >= 0.6 is 0 Å². The first kappa shape index (κ1) is 20.5. The molecule has 5 nitrogen and oxygen atoms in total. The maximum atomic E-state index is 13.2. The highest BCUT2D eigenvalue weighted by Crippen LogP contribution is 2.37. The molecule has 1 heterocycles. The van der Waals surface area contributed by atoms with E-state index < -0.39 is 52.6 Å². The van der Waals surface area contributed by atoms with Crippen LogP contribution in [-0.4, -0.2) is 30.1 Å². The molecule has 0 amide bonds. The molecule has 0 fully saturated rings. The minimum Gasteiger partial charge on any atom is -0.462 e. The van der Waals surface area contributed by atoms with Crippen molar-refractivity contribution in [3.8, 4) is 0 Å². The fraction of sp³-hybridized carbons (Fsp3) is 0.400. The maximum Gasteiger partial charge on any atom is 0.434 e. The highest BCUT2D eigenvalue weighted by atomic mass is 19.4. The quantitative estimate of drug-likeness (QED) is 0.561. The van der Waals surface area contributed by atoms with Crippen molar-refractivity contribution in [2.75, 3.05) is 13.2 Å². The number of ether oxygens (including phenoxy) is 2. The average molecular weight is 367 g/mol. The zero-order chi connectivity index (χ0) is 19.4. The third kappa shape index (κ3) is 4.31. The van der Waals surface area contributed by atoms with E-state index in [-0.39, 0.29) is 13.2 Å². The van der Waals surface area contributed by atoms with Crippen molar-refractivity contribution in [2.24, 2.45) is 0 Å². The van der Waals surface area contributed by atoms with E-state index in [2.05, 4.69) is 21.0 Å². The lowest BCUT2D eigenvalue weighted by Gasteiger charge is -2.19. The van der Waals surface area contributed by atoms with Crippen LogP contribution in [0.4, 0.5) is 22.0 Å². The number of carbonyl (C=O) groups excluding carboxylic acids is 2. The van der Waals surface area contributed by atoms with Gasteiger partial charge in [-0.25, -0.2) is 23.4 Å². The average Bonchev–Trinajstić information content (AvgIpc) is 2.51. The molecule has 1 aromatic rings. The smallest absolute Gasteiger partial charge is 0.434 e. The first-order valence-corrected chi connectivity index (χ1v) is 6.99. The van der Waals surface area contributed by atoms with Gasteiger partial charge in [0.1, 0.15) is 5.69 Å². The number of alkyl halides is 5. The van der Waals surface area contributed by atoms with Crippen LogP contribution < -0.4 is 0 Å². The number of hydrogen-bond acceptors (Lipinski definition) is 5. The molecule has 0 aromatic carbocycles. The van der Waals surface area contributed by atoms with Gasteiger partial charge in [-0.15, -0.1) is 0 Å². The summed E-state index contributed by atoms with van der Waals surface area (Å²) in [5.74, 6) is -2.82. The molecule has 1 aromatic heterocycles. The lowest BCUT2D eigenvalue weighted by atomic mass is 9.97. The molecule has 25 heavy (non-hydrogen) atoms. The van der Waals surface area contributed by atoms with Crippen molar-refractivity contribution in [1.29, 1.82) is 0 Å². The van der Waals surface area contributed by atoms with Crippen LogP contribution in [0.1, 0.15) is 57.9 Å². The van der Waals surface area contributed by atoms with Gasteiger partial charge in [0.25, 0.3) is 6.43 Å². The summed E-state index contributed by atoms with van der Waals surface area (Å²) in [7, 11) is 0. The standard InChI is InChI=1S/C15H14F5NO4/c1-4-7-8(13(22)24-5-2)10(12(16)17)21-11(15(18,19)20)9(7)14(23)25-6-3/h4,12H,1,5-6H2,2-3H3. The molecule has 0 radical (unpaired) electrons. The Morgan fingerprint density at radius 3 is 1.96 bits per heavy atom. The van der Waals surface area contributed by atoms with Gasteiger partial charge in [0.05, 0.1) is 24.3 Å². The van der Waals surface area contributed by atoms with Gasteiger partial charge in [0, 0.05) is 5.56 Å². The highest BCUT2D eigenvalue weighted by Gasteiger charge is 2.42. The molecule has 0 aliphatic heterocycles. The molecule has 10 heteroatoms. The molecule has 1 rings (SSSR count). The minimum absolute atomic E-state index is 0.228. The summed E-state index contributed by atoms with van der Waals surface area (Å²) in [6.07, 6.45) is -8.08. The number of esters is 2. The molecular formula is C15H14F5NO4. The summed E-state index contributed by atoms with van der Waals surface area (Å²) in [6, 6.07) is 0. The van der Waals surface area contributed by atoms with Crippen LogP contribution in [0.25, 0.3) is 6.08 Å². The van der Waals surface area contributed by atoms with Crippen LogP contribution in [0.5, 0.6) is 0 Å². The van der Waals surface area contributed by atoms with E-state index in [1.807, 2.05) is 0 Å². The Kier molecular flexibility index (Phi) is 6.60. The second-order valence-corrected chi connectivity index (χ2v) is 4.45. The summed E-state index contributed by atoms with van der Waals surface area (Å²) in [5, 5.41) is 0. The van der Waals surface area contributed by atoms with Crippen LogP contribution in [0.15, 0.2) is 6.58 Å². The molecule has 0 bridgehead atoms. The number of carbonyl (C=O) groups is 2. The van der Waals surface area contributed by atoms with E-state index in [9.17, 15) is 31.5 Å². The fourth-order valence-electron chi connectivity index (χ4n) is 2.02. The van der Waals surface area contributed by atoms with Crippen molar-refractivity contribution in [3.05, 3.63) is 34.7 Å². The molecule has 0 unspecified atom stereocenters. The maximum absolute atomic E-state index is 13.2. The Labute approximate surface area is 139 Å². The number of rotatable bonds is 6. The lowest BCUT2D eigenvalue weighted by Crippen LogP contribution is -2.24. The van der Waals surface area contributed by atoms with Crippen LogP contribution in [0.2, 0.25) is 0 Å². The molecule has 0 spiro atoms. The van der Waals surface area contributed by atoms with E-state index >= 15 is 0 Å². The minimum atomic E-state index is -5.24. The Morgan fingerprint density at radius 2 is 1.60 bits per heavy atom. The molecule has 0 atom stereocenters. The molecule has 0 aliphatic carbocycles. The van der Waals surface area contributed by atoms with E-state index in [0.717, 1.165) is 0 Å². The predicted molar refractivity (Wildman–Crippen MR) is 76.2 cm³/mol. The van der Waals surface area contributed by atoms with Crippen molar-refractivity contribution >= 4 is 18.0 Å². The fourth-order valence-corrected chi connectivity index (χ4v) is 2.02. The van der Waals surface area contributed by atoms with Crippen LogP contribution in [0, 0.1) is 0 Å². The van der Waals surface area contributed by atoms with Gasteiger partial charge in [-0.2, -0.15) is 13.2 Å². The van der Waals surface area contributed by atoms with Gasteiger partial charge in [0.2, 0.25) is 0 Å². The molecule has 138 valence electrons. The van der Waals surface area contributed by atoms with Gasteiger partial charge in [-0.1, -0.05) is 12.7 Å². The van der Waals surface area contributed by atoms with Crippen molar-refractivity contribution in [1.82, 2.24) is 4.98 Å². The van der Waals surface area contributed by atoms with Gasteiger partial charge in [-0.3, -0.25) is 0 Å². The molecule has 0 saturated carbocycles. The van der Waals surface area contributed by atoms with Gasteiger partial charge >= 0.3 is 18.1 Å². The van der Waals surface area contributed by atoms with Gasteiger partial charge in [0.15, 0.2) is 5.69 Å². The van der Waals surface area contributed by atoms with Crippen LogP contribution in [-0.2, 0) is 15.7 Å². The monoisotopic (exact) mass is 367 g/mol. The third-order valence-electron chi connectivity index (χ3n) is 2.90. The Hall–Kier alpha value is -2.52. The third-order valence-corrected chi connectivity index (χ3v) is 2.90. The SMILES string of the molecule is C=Cc1c(C(=O)OCC)c(C(F)F)nc(C(F)(F)F)c1C(=O)OCC. The summed E-state index contributed by atoms with van der Waals surface area (Å²) in [6.45, 7) is 5.41. The number of hydrogen-bond donors (Lipinski definition) is 0. The lowest BCUT2D eigenvalue weighted by molar-refractivity contribution is -0.142. The number of aromatic nitrogens is 1. The zero-order valence-electron chi connectivity index (χ0n) is 13.2. The number of halogens is 5. The van der Waals surface area contributed by atoms with Gasteiger partial charge in [-0.05, 0) is 13.8 Å². The summed E-state index contributed by atoms with van der Waals surface area (Å²) < 4.78 is 75.2.